The maximum atomic E-state index is 13.3. The Kier molecular flexibility index (Phi) is 4.21. The highest BCUT2D eigenvalue weighted by Gasteiger charge is 2.33. The number of hydrogen-bond donors (Lipinski definition) is 0. The quantitative estimate of drug-likeness (QED) is 0.841. The van der Waals surface area contributed by atoms with Crippen molar-refractivity contribution in [1.29, 1.82) is 0 Å². The summed E-state index contributed by atoms with van der Waals surface area (Å²) >= 11 is 0. The van der Waals surface area contributed by atoms with Gasteiger partial charge in [-0.1, -0.05) is 13.8 Å². The van der Waals surface area contributed by atoms with Crippen molar-refractivity contribution in [3.63, 3.8) is 0 Å². The summed E-state index contributed by atoms with van der Waals surface area (Å²) in [6.45, 7) is 8.63. The first kappa shape index (κ1) is 15.4. The summed E-state index contributed by atoms with van der Waals surface area (Å²) in [5.41, 5.74) is 0.961. The number of piperidine rings is 1. The van der Waals surface area contributed by atoms with Crippen molar-refractivity contribution >= 4 is 10.0 Å². The Hall–Kier alpha value is -0.940. The number of halogens is 1. The molecular formula is C15H22FNO2S. The van der Waals surface area contributed by atoms with Crippen molar-refractivity contribution in [1.82, 2.24) is 4.31 Å². The van der Waals surface area contributed by atoms with E-state index in [1.807, 2.05) is 0 Å². The summed E-state index contributed by atoms with van der Waals surface area (Å²) in [5, 5.41) is 0. The number of aryl methyl sites for hydroxylation is 2. The van der Waals surface area contributed by atoms with Crippen molar-refractivity contribution in [3.05, 3.63) is 29.1 Å². The molecule has 2 atom stereocenters. The lowest BCUT2D eigenvalue weighted by Crippen LogP contribution is -2.42. The summed E-state index contributed by atoms with van der Waals surface area (Å²) in [6.07, 6.45) is 0.875. The second kappa shape index (κ2) is 5.45. The first-order chi connectivity index (χ1) is 9.23. The average molecular weight is 299 g/mol. The van der Waals surface area contributed by atoms with Gasteiger partial charge in [-0.3, -0.25) is 0 Å². The van der Waals surface area contributed by atoms with Crippen LogP contribution in [0.2, 0.25) is 0 Å². The Bertz CT molecular complexity index is 589. The second-order valence-electron chi connectivity index (χ2n) is 5.98. The van der Waals surface area contributed by atoms with Crippen molar-refractivity contribution in [3.8, 4) is 0 Å². The molecule has 0 aromatic heterocycles. The fraction of sp³-hybridized carbons (Fsp3) is 0.600. The Morgan fingerprint density at radius 1 is 1.15 bits per heavy atom. The largest absolute Gasteiger partial charge is 0.243 e. The Morgan fingerprint density at radius 3 is 2.20 bits per heavy atom. The number of benzene rings is 1. The lowest BCUT2D eigenvalue weighted by Gasteiger charge is -2.35. The molecule has 0 saturated carbocycles. The third-order valence-electron chi connectivity index (χ3n) is 4.32. The van der Waals surface area contributed by atoms with Crippen LogP contribution >= 0.6 is 0 Å². The van der Waals surface area contributed by atoms with Crippen LogP contribution in [0.25, 0.3) is 0 Å². The maximum Gasteiger partial charge on any atom is 0.243 e. The van der Waals surface area contributed by atoms with Crippen molar-refractivity contribution in [2.24, 2.45) is 11.8 Å². The lowest BCUT2D eigenvalue weighted by molar-refractivity contribution is 0.212. The maximum absolute atomic E-state index is 13.3. The average Bonchev–Trinajstić information content (AvgIpc) is 2.30. The Balaban J connectivity index is 2.41. The Labute approximate surface area is 120 Å². The monoisotopic (exact) mass is 299 g/mol. The van der Waals surface area contributed by atoms with Crippen LogP contribution in [0, 0.1) is 31.5 Å². The van der Waals surface area contributed by atoms with Gasteiger partial charge in [0.15, 0.2) is 0 Å². The van der Waals surface area contributed by atoms with Gasteiger partial charge in [0, 0.05) is 13.1 Å². The molecule has 0 amide bonds. The summed E-state index contributed by atoms with van der Waals surface area (Å²) < 4.78 is 40.5. The highest BCUT2D eigenvalue weighted by Crippen LogP contribution is 2.30. The third kappa shape index (κ3) is 2.74. The molecule has 0 radical (unpaired) electrons. The molecule has 5 heteroatoms. The molecule has 0 N–H and O–H groups in total. The van der Waals surface area contributed by atoms with Gasteiger partial charge < -0.3 is 0 Å². The van der Waals surface area contributed by atoms with Crippen molar-refractivity contribution in [2.45, 2.75) is 39.0 Å². The van der Waals surface area contributed by atoms with Gasteiger partial charge in [-0.2, -0.15) is 4.31 Å². The summed E-state index contributed by atoms with van der Waals surface area (Å²) in [5.74, 6) is 0.496. The molecule has 0 aliphatic carbocycles. The zero-order chi connectivity index (χ0) is 15.1. The van der Waals surface area contributed by atoms with Crippen LogP contribution < -0.4 is 0 Å². The summed E-state index contributed by atoms with van der Waals surface area (Å²) in [6, 6.07) is 2.58. The van der Waals surface area contributed by atoms with Gasteiger partial charge in [-0.15, -0.1) is 0 Å². The van der Waals surface area contributed by atoms with Gasteiger partial charge in [0.05, 0.1) is 4.90 Å². The van der Waals surface area contributed by atoms with Crippen LogP contribution in [0.15, 0.2) is 17.0 Å². The smallest absolute Gasteiger partial charge is 0.207 e. The van der Waals surface area contributed by atoms with E-state index in [0.29, 0.717) is 36.1 Å². The molecule has 3 nitrogen and oxygen atoms in total. The van der Waals surface area contributed by atoms with E-state index in [2.05, 4.69) is 13.8 Å². The van der Waals surface area contributed by atoms with Crippen LogP contribution in [0.1, 0.15) is 31.4 Å². The van der Waals surface area contributed by atoms with Crippen LogP contribution in [0.4, 0.5) is 4.39 Å². The van der Waals surface area contributed by atoms with Crippen molar-refractivity contribution in [2.75, 3.05) is 13.1 Å². The molecule has 1 aromatic carbocycles. The number of nitrogens with zero attached hydrogens (tertiary/aromatic N) is 1. The second-order valence-corrected chi connectivity index (χ2v) is 7.85. The number of rotatable bonds is 2. The van der Waals surface area contributed by atoms with Crippen LogP contribution in [-0.4, -0.2) is 25.8 Å². The fourth-order valence-electron chi connectivity index (χ4n) is 2.88. The molecule has 2 unspecified atom stereocenters. The summed E-state index contributed by atoms with van der Waals surface area (Å²) in [7, 11) is -3.53. The number of hydrogen-bond acceptors (Lipinski definition) is 2. The minimum Gasteiger partial charge on any atom is -0.207 e. The van der Waals surface area contributed by atoms with E-state index in [4.69, 9.17) is 0 Å². The predicted octanol–water partition coefficient (Wildman–Crippen LogP) is 3.11. The van der Waals surface area contributed by atoms with Gasteiger partial charge in [0.1, 0.15) is 5.82 Å². The molecule has 0 spiro atoms. The van der Waals surface area contributed by atoms with Gasteiger partial charge >= 0.3 is 0 Å². The van der Waals surface area contributed by atoms with Crippen LogP contribution in [0.3, 0.4) is 0 Å². The highest BCUT2D eigenvalue weighted by atomic mass is 32.2. The third-order valence-corrected chi connectivity index (χ3v) is 6.49. The molecule has 1 aromatic rings. The Morgan fingerprint density at radius 2 is 1.70 bits per heavy atom. The predicted molar refractivity (Wildman–Crippen MR) is 77.6 cm³/mol. The zero-order valence-electron chi connectivity index (χ0n) is 12.5. The molecule has 112 valence electrons. The molecule has 1 saturated heterocycles. The van der Waals surface area contributed by atoms with E-state index in [0.717, 1.165) is 6.42 Å². The standard InChI is InChI=1S/C15H22FNO2S/c1-10-5-6-17(9-13(10)4)20(18,19)15-11(2)7-14(16)8-12(15)3/h7-8,10,13H,5-6,9H2,1-4H3. The first-order valence-corrected chi connectivity index (χ1v) is 8.44. The van der Waals surface area contributed by atoms with Crippen LogP contribution in [0.5, 0.6) is 0 Å². The van der Waals surface area contributed by atoms with E-state index in [1.54, 1.807) is 18.2 Å². The molecule has 20 heavy (non-hydrogen) atoms. The lowest BCUT2D eigenvalue weighted by atomic mass is 9.90. The van der Waals surface area contributed by atoms with E-state index in [1.165, 1.54) is 12.1 Å². The fourth-order valence-corrected chi connectivity index (χ4v) is 4.84. The normalized spacial score (nSPS) is 24.9. The SMILES string of the molecule is Cc1cc(F)cc(C)c1S(=O)(=O)N1CCC(C)C(C)C1. The molecular weight excluding hydrogens is 277 g/mol. The van der Waals surface area contributed by atoms with Gasteiger partial charge in [-0.25, -0.2) is 12.8 Å². The molecule has 1 aliphatic rings. The van der Waals surface area contributed by atoms with Gasteiger partial charge in [0.25, 0.3) is 0 Å². The van der Waals surface area contributed by atoms with E-state index in [9.17, 15) is 12.8 Å². The van der Waals surface area contributed by atoms with E-state index < -0.39 is 10.0 Å². The molecule has 1 aliphatic heterocycles. The zero-order valence-corrected chi connectivity index (χ0v) is 13.3. The van der Waals surface area contributed by atoms with Gasteiger partial charge in [0.2, 0.25) is 10.0 Å². The van der Waals surface area contributed by atoms with Gasteiger partial charge in [-0.05, 0) is 55.4 Å². The minimum absolute atomic E-state index is 0.264. The molecule has 1 fully saturated rings. The number of sulfonamides is 1. The minimum atomic E-state index is -3.53. The van der Waals surface area contributed by atoms with E-state index in [-0.39, 0.29) is 10.7 Å². The molecule has 2 rings (SSSR count). The van der Waals surface area contributed by atoms with Crippen molar-refractivity contribution < 1.29 is 12.8 Å². The van der Waals surface area contributed by atoms with E-state index >= 15 is 0 Å². The summed E-state index contributed by atoms with van der Waals surface area (Å²) in [4.78, 5) is 0.264. The highest BCUT2D eigenvalue weighted by molar-refractivity contribution is 7.89. The first-order valence-electron chi connectivity index (χ1n) is 7.00. The molecule has 0 bridgehead atoms. The molecule has 1 heterocycles. The topological polar surface area (TPSA) is 37.4 Å². The van der Waals surface area contributed by atoms with Crippen LogP contribution in [-0.2, 0) is 10.0 Å².